The van der Waals surface area contributed by atoms with Crippen LogP contribution in [0, 0.1) is 0 Å². The van der Waals surface area contributed by atoms with Crippen molar-refractivity contribution in [1.29, 1.82) is 0 Å². The summed E-state index contributed by atoms with van der Waals surface area (Å²) in [6.45, 7) is 0. The van der Waals surface area contributed by atoms with Gasteiger partial charge in [0.25, 0.3) is 5.71 Å². The SMILES string of the molecule is CN(C(=S)N[N+](C)=C(c1ccccn1)c1ccccn1)C1CCCCC1. The summed E-state index contributed by atoms with van der Waals surface area (Å²) in [6.07, 6.45) is 9.90. The van der Waals surface area contributed by atoms with Crippen molar-refractivity contribution in [3.8, 4) is 0 Å². The molecule has 0 aromatic carbocycles. The van der Waals surface area contributed by atoms with Crippen LogP contribution in [0.3, 0.4) is 0 Å². The molecule has 5 nitrogen and oxygen atoms in total. The molecule has 0 radical (unpaired) electrons. The number of nitrogens with one attached hydrogen (secondary N) is 1. The van der Waals surface area contributed by atoms with Gasteiger partial charge >= 0.3 is 0 Å². The number of aromatic nitrogens is 2. The third-order valence-corrected chi connectivity index (χ3v) is 5.24. The largest absolute Gasteiger partial charge is 0.345 e. The van der Waals surface area contributed by atoms with E-state index in [0.29, 0.717) is 6.04 Å². The van der Waals surface area contributed by atoms with Crippen molar-refractivity contribution < 1.29 is 4.68 Å². The number of hydrogen-bond donors (Lipinski definition) is 1. The number of rotatable bonds is 4. The second-order valence-electron chi connectivity index (χ2n) is 6.66. The molecule has 2 aromatic heterocycles. The van der Waals surface area contributed by atoms with Gasteiger partial charge in [-0.25, -0.2) is 9.97 Å². The second kappa shape index (κ2) is 8.85. The van der Waals surface area contributed by atoms with E-state index < -0.39 is 0 Å². The Kier molecular flexibility index (Phi) is 6.28. The normalized spacial score (nSPS) is 14.5. The Morgan fingerprint density at radius 2 is 1.62 bits per heavy atom. The van der Waals surface area contributed by atoms with Gasteiger partial charge < -0.3 is 4.90 Å². The smallest absolute Gasteiger partial charge is 0.280 e. The summed E-state index contributed by atoms with van der Waals surface area (Å²) >= 11 is 5.67. The van der Waals surface area contributed by atoms with Gasteiger partial charge in [-0.05, 0) is 49.3 Å². The third-order valence-electron chi connectivity index (χ3n) is 4.86. The Hall–Kier alpha value is -2.34. The lowest BCUT2D eigenvalue weighted by atomic mass is 9.95. The lowest BCUT2D eigenvalue weighted by Crippen LogP contribution is -2.48. The molecule has 136 valence electrons. The summed E-state index contributed by atoms with van der Waals surface area (Å²) in [7, 11) is 4.04. The first-order valence-corrected chi connectivity index (χ1v) is 9.54. The van der Waals surface area contributed by atoms with Crippen LogP contribution in [0.1, 0.15) is 43.5 Å². The molecule has 1 aliphatic rings. The van der Waals surface area contributed by atoms with Crippen LogP contribution in [0.15, 0.2) is 48.8 Å². The average molecular weight is 369 g/mol. The second-order valence-corrected chi connectivity index (χ2v) is 7.04. The first kappa shape index (κ1) is 18.5. The van der Waals surface area contributed by atoms with Gasteiger partial charge in [-0.1, -0.05) is 31.4 Å². The van der Waals surface area contributed by atoms with Crippen molar-refractivity contribution in [2.75, 3.05) is 14.1 Å². The zero-order valence-corrected chi connectivity index (χ0v) is 16.2. The van der Waals surface area contributed by atoms with Crippen molar-refractivity contribution in [2.24, 2.45) is 0 Å². The minimum absolute atomic E-state index is 0.519. The molecule has 1 N–H and O–H groups in total. The molecule has 1 saturated carbocycles. The van der Waals surface area contributed by atoms with Crippen LogP contribution in [0.5, 0.6) is 0 Å². The summed E-state index contributed by atoms with van der Waals surface area (Å²) in [5.41, 5.74) is 5.94. The van der Waals surface area contributed by atoms with Gasteiger partial charge in [-0.2, -0.15) is 0 Å². The standard InChI is InChI=1S/C20H25N5S/c1-24(16-10-4-3-5-11-16)20(26)23-25(2)19(17-12-6-8-14-21-17)18-13-7-9-15-22-18/h6-9,12-16H,3-5,10-11H2,1-2H3/p+1. The van der Waals surface area contributed by atoms with E-state index in [1.165, 1.54) is 32.1 Å². The topological polar surface area (TPSA) is 44.1 Å². The molecule has 0 atom stereocenters. The molecule has 1 fully saturated rings. The summed E-state index contributed by atoms with van der Waals surface area (Å²) in [4.78, 5) is 11.2. The van der Waals surface area contributed by atoms with Crippen molar-refractivity contribution in [2.45, 2.75) is 38.1 Å². The van der Waals surface area contributed by atoms with Crippen LogP contribution in [-0.4, -0.2) is 50.5 Å². The Bertz CT molecular complexity index is 713. The predicted octanol–water partition coefficient (Wildman–Crippen LogP) is 3.01. The summed E-state index contributed by atoms with van der Waals surface area (Å²) < 4.78 is 1.92. The van der Waals surface area contributed by atoms with E-state index in [1.54, 1.807) is 12.4 Å². The maximum atomic E-state index is 5.67. The number of nitrogens with zero attached hydrogens (tertiary/aromatic N) is 4. The van der Waals surface area contributed by atoms with Crippen molar-refractivity contribution in [3.05, 3.63) is 60.2 Å². The number of thiocarbonyl (C=S) groups is 1. The molecule has 0 amide bonds. The van der Waals surface area contributed by atoms with E-state index in [0.717, 1.165) is 22.2 Å². The van der Waals surface area contributed by atoms with Gasteiger partial charge in [-0.15, -0.1) is 10.1 Å². The van der Waals surface area contributed by atoms with Crippen LogP contribution in [0.4, 0.5) is 0 Å². The first-order valence-electron chi connectivity index (χ1n) is 9.14. The van der Waals surface area contributed by atoms with Crippen LogP contribution in [-0.2, 0) is 0 Å². The highest BCUT2D eigenvalue weighted by Crippen LogP contribution is 2.21. The van der Waals surface area contributed by atoms with Gasteiger partial charge in [0, 0.05) is 25.5 Å². The van der Waals surface area contributed by atoms with Gasteiger partial charge in [0.15, 0.2) is 7.05 Å². The fourth-order valence-electron chi connectivity index (χ4n) is 3.39. The molecule has 0 unspecified atom stereocenters. The van der Waals surface area contributed by atoms with Gasteiger partial charge in [0.05, 0.1) is 0 Å². The van der Waals surface area contributed by atoms with E-state index >= 15 is 0 Å². The summed E-state index contributed by atoms with van der Waals surface area (Å²) in [5.74, 6) is 0. The molecule has 0 bridgehead atoms. The zero-order chi connectivity index (χ0) is 18.4. The monoisotopic (exact) mass is 368 g/mol. The maximum Gasteiger partial charge on any atom is 0.280 e. The highest BCUT2D eigenvalue weighted by Gasteiger charge is 2.24. The van der Waals surface area contributed by atoms with E-state index in [4.69, 9.17) is 12.2 Å². The molecular weight excluding hydrogens is 342 g/mol. The molecule has 26 heavy (non-hydrogen) atoms. The van der Waals surface area contributed by atoms with Gasteiger partial charge in [-0.3, -0.25) is 0 Å². The lowest BCUT2D eigenvalue weighted by Gasteiger charge is -2.32. The fraction of sp³-hybridized carbons (Fsp3) is 0.400. The number of hydrazone groups is 1. The molecule has 1 aliphatic carbocycles. The third kappa shape index (κ3) is 4.43. The Morgan fingerprint density at radius 1 is 1.04 bits per heavy atom. The van der Waals surface area contributed by atoms with Crippen LogP contribution < -0.4 is 5.43 Å². The van der Waals surface area contributed by atoms with Crippen LogP contribution in [0.2, 0.25) is 0 Å². The minimum Gasteiger partial charge on any atom is -0.345 e. The average Bonchev–Trinajstić information content (AvgIpc) is 2.70. The molecular formula is C20H26N5S+. The van der Waals surface area contributed by atoms with Gasteiger partial charge in [0.2, 0.25) is 5.11 Å². The highest BCUT2D eigenvalue weighted by molar-refractivity contribution is 7.80. The van der Waals surface area contributed by atoms with Crippen LogP contribution in [0.25, 0.3) is 0 Å². The molecule has 0 spiro atoms. The fourth-order valence-corrected chi connectivity index (χ4v) is 3.68. The molecule has 0 saturated heterocycles. The van der Waals surface area contributed by atoms with Crippen molar-refractivity contribution >= 4 is 23.0 Å². The summed E-state index contributed by atoms with van der Waals surface area (Å²) in [5, 5.41) is 0.726. The Morgan fingerprint density at radius 3 is 2.12 bits per heavy atom. The first-order chi connectivity index (χ1) is 12.7. The molecule has 0 aliphatic heterocycles. The number of hydrogen-bond acceptors (Lipinski definition) is 3. The Labute approximate surface area is 160 Å². The Balaban J connectivity index is 1.86. The number of pyridine rings is 2. The quantitative estimate of drug-likeness (QED) is 0.389. The van der Waals surface area contributed by atoms with Crippen molar-refractivity contribution in [3.63, 3.8) is 0 Å². The minimum atomic E-state index is 0.519. The molecule has 2 aromatic rings. The van der Waals surface area contributed by atoms with E-state index in [9.17, 15) is 0 Å². The lowest BCUT2D eigenvalue weighted by molar-refractivity contribution is -0.541. The number of hydrazine groups is 1. The zero-order valence-electron chi connectivity index (χ0n) is 15.4. The van der Waals surface area contributed by atoms with E-state index in [2.05, 4.69) is 27.3 Å². The summed E-state index contributed by atoms with van der Waals surface area (Å²) in [6, 6.07) is 12.3. The maximum absolute atomic E-state index is 5.67. The van der Waals surface area contributed by atoms with Crippen molar-refractivity contribution in [1.82, 2.24) is 20.3 Å². The van der Waals surface area contributed by atoms with Crippen LogP contribution >= 0.6 is 12.2 Å². The molecule has 2 heterocycles. The highest BCUT2D eigenvalue weighted by atomic mass is 32.1. The van der Waals surface area contributed by atoms with E-state index in [1.807, 2.05) is 48.1 Å². The van der Waals surface area contributed by atoms with E-state index in [-0.39, 0.29) is 0 Å². The predicted molar refractivity (Wildman–Crippen MR) is 108 cm³/mol. The molecule has 3 rings (SSSR count). The van der Waals surface area contributed by atoms with Gasteiger partial charge in [0.1, 0.15) is 11.4 Å². The molecule has 6 heteroatoms.